The summed E-state index contributed by atoms with van der Waals surface area (Å²) < 4.78 is 26.3. The maximum absolute atomic E-state index is 12.5. The van der Waals surface area contributed by atoms with Gasteiger partial charge in [0.2, 0.25) is 0 Å². The lowest BCUT2D eigenvalue weighted by Crippen LogP contribution is -2.25. The molecular weight excluding hydrogens is 290 g/mol. The van der Waals surface area contributed by atoms with Gasteiger partial charge in [-0.15, -0.1) is 11.3 Å². The molecule has 2 aromatic rings. The topological polar surface area (TPSA) is 15.3 Å². The number of alkyl halides is 2. The van der Waals surface area contributed by atoms with E-state index in [0.29, 0.717) is 12.6 Å². The van der Waals surface area contributed by atoms with E-state index in [1.807, 2.05) is 12.1 Å². The Morgan fingerprint density at radius 2 is 2.10 bits per heavy atom. The quantitative estimate of drug-likeness (QED) is 0.835. The molecule has 21 heavy (non-hydrogen) atoms. The van der Waals surface area contributed by atoms with Crippen molar-refractivity contribution >= 4 is 21.4 Å². The fourth-order valence-electron chi connectivity index (χ4n) is 2.56. The van der Waals surface area contributed by atoms with Crippen LogP contribution < -0.4 is 5.32 Å². The van der Waals surface area contributed by atoms with E-state index in [0.717, 1.165) is 6.54 Å². The molecule has 0 radical (unpaired) electrons. The number of halogens is 2. The van der Waals surface area contributed by atoms with Crippen LogP contribution in [0.2, 0.25) is 0 Å². The maximum atomic E-state index is 12.5. The molecule has 1 aromatic carbocycles. The first-order chi connectivity index (χ1) is 10.1. The summed E-state index contributed by atoms with van der Waals surface area (Å²) in [5.74, 6) is 0. The molecule has 1 heterocycles. The van der Waals surface area contributed by atoms with Crippen LogP contribution in [0.5, 0.6) is 0 Å². The molecule has 0 unspecified atom stereocenters. The number of nitrogens with one attached hydrogen (secondary N) is 1. The molecule has 2 nitrogen and oxygen atoms in total. The van der Waals surface area contributed by atoms with Crippen LogP contribution in [0.1, 0.15) is 23.3 Å². The van der Waals surface area contributed by atoms with Crippen LogP contribution in [0.15, 0.2) is 24.3 Å². The molecule has 1 N–H and O–H groups in total. The highest BCUT2D eigenvalue weighted by Gasteiger charge is 2.22. The van der Waals surface area contributed by atoms with E-state index in [9.17, 15) is 8.78 Å². The first kappa shape index (κ1) is 14.9. The van der Waals surface area contributed by atoms with Gasteiger partial charge < -0.3 is 5.32 Å². The van der Waals surface area contributed by atoms with Gasteiger partial charge in [-0.05, 0) is 36.9 Å². The Kier molecular flexibility index (Phi) is 4.52. The van der Waals surface area contributed by atoms with Crippen LogP contribution in [0.4, 0.5) is 8.78 Å². The van der Waals surface area contributed by atoms with Crippen LogP contribution >= 0.6 is 11.3 Å². The van der Waals surface area contributed by atoms with Gasteiger partial charge in [0.05, 0.1) is 6.54 Å². The first-order valence-electron chi connectivity index (χ1n) is 7.33. The molecule has 114 valence electrons. The smallest absolute Gasteiger partial charge is 0.251 e. The number of thiophene rings is 1. The van der Waals surface area contributed by atoms with Gasteiger partial charge in [0, 0.05) is 28.7 Å². The molecule has 0 spiro atoms. The number of nitrogens with zero attached hydrogens (tertiary/aromatic N) is 1. The molecule has 1 aliphatic rings. The summed E-state index contributed by atoms with van der Waals surface area (Å²) in [4.78, 5) is 2.99. The fraction of sp³-hybridized carbons (Fsp3) is 0.500. The number of fused-ring (bicyclic) bond motifs is 1. The third kappa shape index (κ3) is 3.78. The predicted molar refractivity (Wildman–Crippen MR) is 84.0 cm³/mol. The monoisotopic (exact) mass is 310 g/mol. The predicted octanol–water partition coefficient (Wildman–Crippen LogP) is 3.85. The fourth-order valence-corrected chi connectivity index (χ4v) is 3.73. The van der Waals surface area contributed by atoms with Crippen LogP contribution in [0, 0.1) is 0 Å². The van der Waals surface area contributed by atoms with Gasteiger partial charge in [0.1, 0.15) is 0 Å². The molecule has 3 rings (SSSR count). The number of hydrogen-bond acceptors (Lipinski definition) is 3. The van der Waals surface area contributed by atoms with Gasteiger partial charge in [-0.25, -0.2) is 8.78 Å². The average Bonchev–Trinajstić information content (AvgIpc) is 3.20. The molecule has 0 aliphatic heterocycles. The van der Waals surface area contributed by atoms with Crippen LogP contribution in [-0.2, 0) is 13.1 Å². The van der Waals surface area contributed by atoms with Crippen molar-refractivity contribution in [2.75, 3.05) is 13.6 Å². The van der Waals surface area contributed by atoms with Crippen LogP contribution in [0.25, 0.3) is 10.1 Å². The van der Waals surface area contributed by atoms with Gasteiger partial charge >= 0.3 is 0 Å². The standard InChI is InChI=1S/C16H20F2N2S/c1-20(10-16(17)18)9-13-12-4-2-3-5-14(12)21-15(13)8-19-11-6-7-11/h2-5,11,16,19H,6-10H2,1H3. The van der Waals surface area contributed by atoms with Gasteiger partial charge in [-0.3, -0.25) is 4.90 Å². The molecular formula is C16H20F2N2S. The summed E-state index contributed by atoms with van der Waals surface area (Å²) >= 11 is 1.78. The highest BCUT2D eigenvalue weighted by atomic mass is 32.1. The third-order valence-electron chi connectivity index (χ3n) is 3.79. The Hall–Kier alpha value is -1.04. The van der Waals surface area contributed by atoms with Crippen molar-refractivity contribution in [3.63, 3.8) is 0 Å². The zero-order valence-corrected chi connectivity index (χ0v) is 12.9. The highest BCUT2D eigenvalue weighted by Crippen LogP contribution is 2.33. The molecule has 1 aliphatic carbocycles. The Bertz CT molecular complexity index is 607. The van der Waals surface area contributed by atoms with Crippen molar-refractivity contribution < 1.29 is 8.78 Å². The molecule has 0 atom stereocenters. The minimum absolute atomic E-state index is 0.181. The van der Waals surface area contributed by atoms with Crippen molar-refractivity contribution in [3.8, 4) is 0 Å². The Morgan fingerprint density at radius 3 is 2.81 bits per heavy atom. The first-order valence-corrected chi connectivity index (χ1v) is 8.14. The van der Waals surface area contributed by atoms with E-state index in [-0.39, 0.29) is 6.54 Å². The summed E-state index contributed by atoms with van der Waals surface area (Å²) in [5, 5.41) is 4.74. The molecule has 0 bridgehead atoms. The van der Waals surface area contributed by atoms with Crippen LogP contribution in [-0.4, -0.2) is 31.0 Å². The van der Waals surface area contributed by atoms with Crippen LogP contribution in [0.3, 0.4) is 0 Å². The molecule has 0 saturated heterocycles. The summed E-state index contributed by atoms with van der Waals surface area (Å²) in [6.45, 7) is 1.25. The van der Waals surface area contributed by atoms with Crippen molar-refractivity contribution in [2.24, 2.45) is 0 Å². The summed E-state index contributed by atoms with van der Waals surface area (Å²) in [6.07, 6.45) is 0.227. The van der Waals surface area contributed by atoms with Crippen molar-refractivity contribution in [2.45, 2.75) is 38.4 Å². The third-order valence-corrected chi connectivity index (χ3v) is 5.00. The van der Waals surface area contributed by atoms with Gasteiger partial charge in [-0.2, -0.15) is 0 Å². The van der Waals surface area contributed by atoms with E-state index in [1.165, 1.54) is 33.4 Å². The summed E-state index contributed by atoms with van der Waals surface area (Å²) in [7, 11) is 1.76. The number of benzene rings is 1. The highest BCUT2D eigenvalue weighted by molar-refractivity contribution is 7.19. The Labute approximate surface area is 127 Å². The maximum Gasteiger partial charge on any atom is 0.251 e. The van der Waals surface area contributed by atoms with Gasteiger partial charge in [0.25, 0.3) is 6.43 Å². The molecule has 1 fully saturated rings. The van der Waals surface area contributed by atoms with Gasteiger partial charge in [-0.1, -0.05) is 18.2 Å². The minimum atomic E-state index is -2.28. The lowest BCUT2D eigenvalue weighted by Gasteiger charge is -2.17. The second-order valence-electron chi connectivity index (χ2n) is 5.74. The summed E-state index contributed by atoms with van der Waals surface area (Å²) in [5.41, 5.74) is 1.20. The van der Waals surface area contributed by atoms with E-state index in [4.69, 9.17) is 0 Å². The molecule has 0 amide bonds. The molecule has 5 heteroatoms. The van der Waals surface area contributed by atoms with Crippen molar-refractivity contribution in [1.29, 1.82) is 0 Å². The summed E-state index contributed by atoms with van der Waals surface area (Å²) in [6, 6.07) is 8.91. The zero-order chi connectivity index (χ0) is 14.8. The molecule has 1 aromatic heterocycles. The van der Waals surface area contributed by atoms with E-state index in [2.05, 4.69) is 17.4 Å². The second-order valence-corrected chi connectivity index (χ2v) is 6.88. The molecule has 1 saturated carbocycles. The second kappa shape index (κ2) is 6.38. The van der Waals surface area contributed by atoms with E-state index < -0.39 is 6.43 Å². The Morgan fingerprint density at radius 1 is 1.33 bits per heavy atom. The number of hydrogen-bond donors (Lipinski definition) is 1. The van der Waals surface area contributed by atoms with Gasteiger partial charge in [0.15, 0.2) is 0 Å². The zero-order valence-electron chi connectivity index (χ0n) is 12.1. The van der Waals surface area contributed by atoms with E-state index in [1.54, 1.807) is 23.3 Å². The average molecular weight is 310 g/mol. The lowest BCUT2D eigenvalue weighted by molar-refractivity contribution is 0.0976. The van der Waals surface area contributed by atoms with Crippen molar-refractivity contribution in [1.82, 2.24) is 10.2 Å². The lowest BCUT2D eigenvalue weighted by atomic mass is 10.1. The minimum Gasteiger partial charge on any atom is -0.309 e. The Balaban J connectivity index is 1.83. The van der Waals surface area contributed by atoms with E-state index >= 15 is 0 Å². The van der Waals surface area contributed by atoms with Crippen molar-refractivity contribution in [3.05, 3.63) is 34.7 Å². The number of rotatable bonds is 7. The largest absolute Gasteiger partial charge is 0.309 e. The SMILES string of the molecule is CN(Cc1c(CNC2CC2)sc2ccccc12)CC(F)F. The normalized spacial score (nSPS) is 15.5.